The molecule has 0 aliphatic heterocycles. The number of benzene rings is 2. The molecule has 16 heteroatoms. The predicted octanol–water partition coefficient (Wildman–Crippen LogP) is 12.9. The van der Waals surface area contributed by atoms with Crippen LogP contribution in [-0.2, 0) is 44.0 Å². The first kappa shape index (κ1) is 52.0. The molecule has 2 rings (SSSR count). The maximum Gasteiger partial charge on any atom is 0.314 e. The standard InChI is InChI=1S/C40H82O7Si9/c1-48(2,3)42-54(19,43-49(4,5)6)32-29-35-25-22-23-28-38(35)40(41)39-36(30-33-55(20,44-50(7,8)9)45-51(10,11)12)26-24-27-37(39)31-34-56(21,46-52(13,14)15)47-53(16,17)18/h22-28H,29-34H2,1-21H3. The lowest BCUT2D eigenvalue weighted by Gasteiger charge is -2.39. The second kappa shape index (κ2) is 19.3. The first-order valence-corrected chi connectivity index (χ1v) is 48.9. The van der Waals surface area contributed by atoms with E-state index in [-0.39, 0.29) is 5.78 Å². The molecule has 2 aromatic carbocycles. The summed E-state index contributed by atoms with van der Waals surface area (Å²) in [5.74, 6) is 0.0907. The first-order valence-electron chi connectivity index (χ1n) is 20.8. The summed E-state index contributed by atoms with van der Waals surface area (Å²) in [7, 11) is -19.0. The van der Waals surface area contributed by atoms with Crippen molar-refractivity contribution in [2.45, 2.75) is 175 Å². The maximum atomic E-state index is 15.3. The SMILES string of the molecule is C[Si](C)(C)O[Si](C)(CCc1ccccc1C(=O)c1c(CC[Si](C)(O[Si](C)(C)C)O[Si](C)(C)C)cccc1CC[Si](C)(O[Si](C)(C)C)O[Si](C)(C)C)O[Si](C)(C)C. The summed E-state index contributed by atoms with van der Waals surface area (Å²) in [4.78, 5) is 15.3. The van der Waals surface area contributed by atoms with Gasteiger partial charge in [-0.2, -0.15) is 0 Å². The van der Waals surface area contributed by atoms with Crippen molar-refractivity contribution < 1.29 is 29.5 Å². The van der Waals surface area contributed by atoms with Crippen molar-refractivity contribution in [2.75, 3.05) is 0 Å². The lowest BCUT2D eigenvalue weighted by Crippen LogP contribution is -2.52. The molecule has 0 aliphatic rings. The molecule has 0 saturated heterocycles. The summed E-state index contributed by atoms with van der Waals surface area (Å²) in [6.45, 7) is 47.2. The Hall–Kier alpha value is -0.178. The van der Waals surface area contributed by atoms with Gasteiger partial charge in [0.25, 0.3) is 0 Å². The molecule has 56 heavy (non-hydrogen) atoms. The molecule has 0 saturated carbocycles. The highest BCUT2D eigenvalue weighted by Gasteiger charge is 2.43. The fraction of sp³-hybridized carbons (Fsp3) is 0.675. The molecule has 0 amide bonds. The van der Waals surface area contributed by atoms with Gasteiger partial charge in [0.2, 0.25) is 0 Å². The van der Waals surface area contributed by atoms with Crippen LogP contribution in [0.1, 0.15) is 32.6 Å². The van der Waals surface area contributed by atoms with Crippen molar-refractivity contribution in [3.8, 4) is 0 Å². The van der Waals surface area contributed by atoms with Crippen LogP contribution in [0.4, 0.5) is 0 Å². The summed E-state index contributed by atoms with van der Waals surface area (Å²) in [6.07, 6.45) is 2.17. The lowest BCUT2D eigenvalue weighted by molar-refractivity contribution is 0.103. The fourth-order valence-electron chi connectivity index (χ4n) is 7.80. The molecule has 0 spiro atoms. The highest BCUT2D eigenvalue weighted by molar-refractivity contribution is 6.89. The van der Waals surface area contributed by atoms with E-state index < -0.39 is 75.6 Å². The minimum Gasteiger partial charge on any atom is -0.437 e. The van der Waals surface area contributed by atoms with Gasteiger partial charge in [0.05, 0.1) is 0 Å². The monoisotopic (exact) mass is 926 g/mol. The summed E-state index contributed by atoms with van der Waals surface area (Å²) in [5, 5.41) is 0. The van der Waals surface area contributed by atoms with E-state index in [4.69, 9.17) is 24.7 Å². The molecule has 0 aromatic heterocycles. The van der Waals surface area contributed by atoms with Gasteiger partial charge >= 0.3 is 25.7 Å². The fourth-order valence-corrected chi connectivity index (χ4v) is 45.1. The Kier molecular flexibility index (Phi) is 17.9. The van der Waals surface area contributed by atoms with E-state index in [1.54, 1.807) is 0 Å². The first-order chi connectivity index (χ1) is 24.9. The van der Waals surface area contributed by atoms with Crippen LogP contribution in [0.15, 0.2) is 42.5 Å². The molecule has 0 bridgehead atoms. The quantitative estimate of drug-likeness (QED) is 0.0812. The Morgan fingerprint density at radius 3 is 0.911 bits per heavy atom. The van der Waals surface area contributed by atoms with Crippen molar-refractivity contribution in [3.63, 3.8) is 0 Å². The number of hydrogen-bond acceptors (Lipinski definition) is 7. The third kappa shape index (κ3) is 19.9. The third-order valence-electron chi connectivity index (χ3n) is 8.40. The van der Waals surface area contributed by atoms with Crippen LogP contribution in [-0.4, -0.2) is 81.4 Å². The van der Waals surface area contributed by atoms with E-state index in [0.29, 0.717) is 0 Å². The predicted molar refractivity (Wildman–Crippen MR) is 263 cm³/mol. The van der Waals surface area contributed by atoms with Crippen molar-refractivity contribution >= 4 is 81.4 Å². The molecule has 7 nitrogen and oxygen atoms in total. The van der Waals surface area contributed by atoms with Crippen LogP contribution in [0.3, 0.4) is 0 Å². The van der Waals surface area contributed by atoms with Gasteiger partial charge < -0.3 is 24.7 Å². The number of aryl methyl sites for hydroxylation is 3. The van der Waals surface area contributed by atoms with E-state index >= 15 is 4.79 Å². The zero-order chi connectivity index (χ0) is 43.4. The molecule has 0 fully saturated rings. The van der Waals surface area contributed by atoms with Crippen LogP contribution in [0.25, 0.3) is 0 Å². The number of ketones is 1. The van der Waals surface area contributed by atoms with Crippen molar-refractivity contribution in [2.24, 2.45) is 0 Å². The van der Waals surface area contributed by atoms with Gasteiger partial charge in [0.1, 0.15) is 0 Å². The van der Waals surface area contributed by atoms with Gasteiger partial charge in [-0.3, -0.25) is 4.79 Å². The Morgan fingerprint density at radius 2 is 0.625 bits per heavy atom. The lowest BCUT2D eigenvalue weighted by atomic mass is 9.89. The van der Waals surface area contributed by atoms with Crippen LogP contribution in [0.2, 0.25) is 156 Å². The molecular weight excluding hydrogens is 845 g/mol. The van der Waals surface area contributed by atoms with Gasteiger partial charge in [0.15, 0.2) is 55.7 Å². The summed E-state index contributed by atoms with van der Waals surface area (Å²) in [5.41, 5.74) is 4.80. The molecule has 0 N–H and O–H groups in total. The number of hydrogen-bond donors (Lipinski definition) is 0. The molecule has 0 heterocycles. The number of carbonyl (C=O) groups is 1. The summed E-state index contributed by atoms with van der Waals surface area (Å²) >= 11 is 0. The Morgan fingerprint density at radius 1 is 0.375 bits per heavy atom. The smallest absolute Gasteiger partial charge is 0.314 e. The Balaban J connectivity index is 2.75. The number of rotatable bonds is 23. The Bertz CT molecular complexity index is 1480. The summed E-state index contributed by atoms with van der Waals surface area (Å²) in [6, 6.07) is 17.1. The molecule has 320 valence electrons. The second-order valence-corrected chi connectivity index (χ2v) is 60.7. The minimum atomic E-state index is -2.57. The topological polar surface area (TPSA) is 72.5 Å². The van der Waals surface area contributed by atoms with E-state index in [0.717, 1.165) is 65.2 Å². The van der Waals surface area contributed by atoms with E-state index in [1.807, 2.05) is 12.1 Å². The van der Waals surface area contributed by atoms with Gasteiger partial charge in [0, 0.05) is 11.1 Å². The van der Waals surface area contributed by atoms with Crippen LogP contribution < -0.4 is 0 Å². The van der Waals surface area contributed by atoms with Gasteiger partial charge in [-0.15, -0.1) is 0 Å². The van der Waals surface area contributed by atoms with Gasteiger partial charge in [-0.1, -0.05) is 42.5 Å². The van der Waals surface area contributed by atoms with Crippen LogP contribution in [0, 0.1) is 0 Å². The largest absolute Gasteiger partial charge is 0.437 e. The molecular formula is C40H82O7Si9. The van der Waals surface area contributed by atoms with Crippen molar-refractivity contribution in [1.29, 1.82) is 0 Å². The van der Waals surface area contributed by atoms with Crippen LogP contribution >= 0.6 is 0 Å². The zero-order valence-electron chi connectivity index (χ0n) is 39.6. The Labute approximate surface area is 353 Å². The normalized spacial score (nSPS) is 14.4. The summed E-state index contributed by atoms with van der Waals surface area (Å²) < 4.78 is 41.6. The zero-order valence-corrected chi connectivity index (χ0v) is 48.6. The molecule has 0 radical (unpaired) electrons. The van der Waals surface area contributed by atoms with Crippen molar-refractivity contribution in [3.05, 3.63) is 70.3 Å². The third-order valence-corrected chi connectivity index (χ3v) is 36.9. The van der Waals surface area contributed by atoms with E-state index in [2.05, 4.69) is 168 Å². The molecule has 0 unspecified atom stereocenters. The van der Waals surface area contributed by atoms with Gasteiger partial charge in [-0.05, 0) is 192 Å². The highest BCUT2D eigenvalue weighted by atomic mass is 28.5. The average Bonchev–Trinajstić information content (AvgIpc) is 2.92. The second-order valence-electron chi connectivity index (χ2n) is 22.1. The highest BCUT2D eigenvalue weighted by Crippen LogP contribution is 2.33. The van der Waals surface area contributed by atoms with Crippen LogP contribution in [0.5, 0.6) is 0 Å². The maximum absolute atomic E-state index is 15.3. The average molecular weight is 928 g/mol. The molecule has 0 atom stereocenters. The van der Waals surface area contributed by atoms with Gasteiger partial charge in [-0.25, -0.2) is 0 Å². The molecule has 2 aromatic rings. The minimum absolute atomic E-state index is 0.0907. The van der Waals surface area contributed by atoms with E-state index in [9.17, 15) is 0 Å². The van der Waals surface area contributed by atoms with E-state index in [1.165, 1.54) is 0 Å². The van der Waals surface area contributed by atoms with Crippen molar-refractivity contribution in [1.82, 2.24) is 0 Å². The molecule has 0 aliphatic carbocycles. The number of carbonyl (C=O) groups excluding carboxylic acids is 1.